The molecule has 0 unspecified atom stereocenters. The van der Waals surface area contributed by atoms with Crippen molar-refractivity contribution in [1.82, 2.24) is 19.9 Å². The Balaban J connectivity index is 0.955. The average Bonchev–Trinajstić information content (AvgIpc) is 3.65. The van der Waals surface area contributed by atoms with Crippen molar-refractivity contribution in [1.29, 1.82) is 0 Å². The summed E-state index contributed by atoms with van der Waals surface area (Å²) in [6.45, 7) is 0. The van der Waals surface area contributed by atoms with Crippen LogP contribution in [0.4, 0.5) is 0 Å². The molecule has 0 atom stereocenters. The summed E-state index contributed by atoms with van der Waals surface area (Å²) in [5.74, 6) is 1.87. The smallest absolute Gasteiger partial charge is 0.164 e. The average molecular weight is 779 g/mol. The van der Waals surface area contributed by atoms with Gasteiger partial charge in [0.25, 0.3) is 0 Å². The molecule has 1 aliphatic carbocycles. The SMILES string of the molecule is c1ccc(-c2nc(-c3ccc(-c4cccc(-c5ccc6c(c5)C(c5ccccc5)(c5ccccc5)c5ccccc5-6)c4)cc3)nc(-c3ccc(-c4ccccn4)cc3)n2)cc1. The Kier molecular flexibility index (Phi) is 9.02. The van der Waals surface area contributed by atoms with Crippen LogP contribution in [0.2, 0.25) is 0 Å². The lowest BCUT2D eigenvalue weighted by Gasteiger charge is -2.34. The molecule has 10 aromatic rings. The van der Waals surface area contributed by atoms with Gasteiger partial charge in [0.05, 0.1) is 11.1 Å². The summed E-state index contributed by atoms with van der Waals surface area (Å²) in [5.41, 5.74) is 16.6. The van der Waals surface area contributed by atoms with Crippen LogP contribution in [-0.4, -0.2) is 19.9 Å². The summed E-state index contributed by atoms with van der Waals surface area (Å²) in [4.78, 5) is 19.5. The minimum absolute atomic E-state index is 0.448. The first-order chi connectivity index (χ1) is 30.2. The van der Waals surface area contributed by atoms with Gasteiger partial charge in [0.2, 0.25) is 0 Å². The molecule has 0 aliphatic heterocycles. The van der Waals surface area contributed by atoms with E-state index < -0.39 is 5.41 Å². The topological polar surface area (TPSA) is 51.6 Å². The lowest BCUT2D eigenvalue weighted by molar-refractivity contribution is 0.769. The minimum Gasteiger partial charge on any atom is -0.256 e. The van der Waals surface area contributed by atoms with Crippen LogP contribution >= 0.6 is 0 Å². The normalized spacial score (nSPS) is 12.4. The molecule has 4 heteroatoms. The zero-order valence-electron chi connectivity index (χ0n) is 33.2. The third-order valence-electron chi connectivity index (χ3n) is 11.9. The number of pyridine rings is 1. The Bertz CT molecular complexity index is 3110. The van der Waals surface area contributed by atoms with Crippen molar-refractivity contribution in [3.63, 3.8) is 0 Å². The van der Waals surface area contributed by atoms with E-state index in [1.807, 2.05) is 54.7 Å². The van der Waals surface area contributed by atoms with E-state index in [0.29, 0.717) is 17.5 Å². The second-order valence-corrected chi connectivity index (χ2v) is 15.4. The van der Waals surface area contributed by atoms with E-state index in [9.17, 15) is 0 Å². The van der Waals surface area contributed by atoms with E-state index in [2.05, 4.69) is 181 Å². The van der Waals surface area contributed by atoms with E-state index in [1.54, 1.807) is 0 Å². The van der Waals surface area contributed by atoms with Crippen molar-refractivity contribution in [2.75, 3.05) is 0 Å². The number of aromatic nitrogens is 4. The summed E-state index contributed by atoms with van der Waals surface area (Å²) in [6, 6.07) is 79.5. The molecular formula is C57H38N4. The van der Waals surface area contributed by atoms with Crippen molar-refractivity contribution < 1.29 is 0 Å². The minimum atomic E-state index is -0.448. The predicted molar refractivity (Wildman–Crippen MR) is 248 cm³/mol. The van der Waals surface area contributed by atoms with Crippen LogP contribution in [0.1, 0.15) is 22.3 Å². The van der Waals surface area contributed by atoms with Gasteiger partial charge >= 0.3 is 0 Å². The Morgan fingerprint density at radius 2 is 0.721 bits per heavy atom. The standard InChI is InChI=1S/C57H38N4/c1-4-15-41(16-5-1)54-59-55(61-56(60-54)43-32-28-40(29-33-43)53-25-12-13-36-58-53)42-30-26-39(27-31-42)44-17-14-18-45(37-44)46-34-35-50-49-23-10-11-24-51(49)57(52(50)38-46,47-19-6-2-7-20-47)48-21-8-3-9-22-48/h1-38H. The second-order valence-electron chi connectivity index (χ2n) is 15.4. The van der Waals surface area contributed by atoms with Crippen molar-refractivity contribution >= 4 is 0 Å². The molecule has 11 rings (SSSR count). The van der Waals surface area contributed by atoms with Crippen LogP contribution in [0.25, 0.3) is 78.8 Å². The molecule has 2 aromatic heterocycles. The van der Waals surface area contributed by atoms with Crippen molar-refractivity contribution in [2.45, 2.75) is 5.41 Å². The fourth-order valence-electron chi connectivity index (χ4n) is 8.99. The maximum Gasteiger partial charge on any atom is 0.164 e. The van der Waals surface area contributed by atoms with E-state index in [1.165, 1.54) is 44.5 Å². The Labute approximate surface area is 355 Å². The Hall–Kier alpha value is -8.08. The fourth-order valence-corrected chi connectivity index (χ4v) is 8.99. The summed E-state index contributed by atoms with van der Waals surface area (Å²) < 4.78 is 0. The van der Waals surface area contributed by atoms with Crippen LogP contribution < -0.4 is 0 Å². The molecule has 0 spiro atoms. The third kappa shape index (κ3) is 6.42. The van der Waals surface area contributed by atoms with Gasteiger partial charge < -0.3 is 0 Å². The number of rotatable bonds is 8. The van der Waals surface area contributed by atoms with Crippen molar-refractivity contribution in [3.8, 4) is 78.8 Å². The van der Waals surface area contributed by atoms with Crippen LogP contribution in [-0.2, 0) is 5.41 Å². The molecule has 0 amide bonds. The number of fused-ring (bicyclic) bond motifs is 3. The molecule has 0 N–H and O–H groups in total. The molecule has 61 heavy (non-hydrogen) atoms. The fraction of sp³-hybridized carbons (Fsp3) is 0.0175. The largest absolute Gasteiger partial charge is 0.256 e. The van der Waals surface area contributed by atoms with Crippen LogP contribution in [0.3, 0.4) is 0 Å². The first kappa shape index (κ1) is 36.0. The lowest BCUT2D eigenvalue weighted by Crippen LogP contribution is -2.28. The number of hydrogen-bond acceptors (Lipinski definition) is 4. The van der Waals surface area contributed by atoms with Gasteiger partial charge in [0, 0.05) is 28.5 Å². The van der Waals surface area contributed by atoms with Gasteiger partial charge in [-0.25, -0.2) is 15.0 Å². The highest BCUT2D eigenvalue weighted by molar-refractivity contribution is 5.89. The first-order valence-corrected chi connectivity index (χ1v) is 20.6. The highest BCUT2D eigenvalue weighted by atomic mass is 15.0. The molecule has 0 bridgehead atoms. The van der Waals surface area contributed by atoms with Gasteiger partial charge in [-0.1, -0.05) is 200 Å². The molecule has 286 valence electrons. The quantitative estimate of drug-likeness (QED) is 0.154. The molecular weight excluding hydrogens is 741 g/mol. The maximum atomic E-state index is 5.02. The molecule has 0 saturated heterocycles. The lowest BCUT2D eigenvalue weighted by atomic mass is 9.67. The number of nitrogens with zero attached hydrogens (tertiary/aromatic N) is 4. The number of hydrogen-bond donors (Lipinski definition) is 0. The third-order valence-corrected chi connectivity index (χ3v) is 11.9. The molecule has 0 radical (unpaired) electrons. The van der Waals surface area contributed by atoms with Crippen LogP contribution in [0.5, 0.6) is 0 Å². The van der Waals surface area contributed by atoms with Crippen molar-refractivity contribution in [3.05, 3.63) is 253 Å². The summed E-state index contributed by atoms with van der Waals surface area (Å²) >= 11 is 0. The predicted octanol–water partition coefficient (Wildman–Crippen LogP) is 13.6. The summed E-state index contributed by atoms with van der Waals surface area (Å²) in [6.07, 6.45) is 1.81. The van der Waals surface area contributed by atoms with Crippen LogP contribution in [0, 0.1) is 0 Å². The Morgan fingerprint density at radius 1 is 0.279 bits per heavy atom. The van der Waals surface area contributed by atoms with Gasteiger partial charge in [-0.3, -0.25) is 4.98 Å². The van der Waals surface area contributed by atoms with Crippen molar-refractivity contribution in [2.24, 2.45) is 0 Å². The zero-order valence-corrected chi connectivity index (χ0v) is 33.2. The monoisotopic (exact) mass is 778 g/mol. The number of benzene rings is 8. The van der Waals surface area contributed by atoms with E-state index in [0.717, 1.165) is 39.1 Å². The summed E-state index contributed by atoms with van der Waals surface area (Å²) in [5, 5.41) is 0. The molecule has 8 aromatic carbocycles. The van der Waals surface area contributed by atoms with Gasteiger partial charge in [-0.05, 0) is 79.9 Å². The van der Waals surface area contributed by atoms with Gasteiger partial charge in [0.15, 0.2) is 17.5 Å². The molecule has 1 aliphatic rings. The second kappa shape index (κ2) is 15.3. The van der Waals surface area contributed by atoms with Crippen LogP contribution in [0.15, 0.2) is 231 Å². The highest BCUT2D eigenvalue weighted by Crippen LogP contribution is 2.56. The van der Waals surface area contributed by atoms with E-state index >= 15 is 0 Å². The molecule has 0 fully saturated rings. The van der Waals surface area contributed by atoms with Gasteiger partial charge in [0.1, 0.15) is 0 Å². The highest BCUT2D eigenvalue weighted by Gasteiger charge is 2.46. The van der Waals surface area contributed by atoms with Gasteiger partial charge in [-0.2, -0.15) is 0 Å². The summed E-state index contributed by atoms with van der Waals surface area (Å²) in [7, 11) is 0. The van der Waals surface area contributed by atoms with Gasteiger partial charge in [-0.15, -0.1) is 0 Å². The Morgan fingerprint density at radius 3 is 1.33 bits per heavy atom. The zero-order chi connectivity index (χ0) is 40.6. The molecule has 4 nitrogen and oxygen atoms in total. The first-order valence-electron chi connectivity index (χ1n) is 20.6. The molecule has 2 heterocycles. The van der Waals surface area contributed by atoms with E-state index in [4.69, 9.17) is 15.0 Å². The molecule has 0 saturated carbocycles. The maximum absolute atomic E-state index is 5.02. The van der Waals surface area contributed by atoms with E-state index in [-0.39, 0.29) is 0 Å².